The number of imidazole rings is 1. The maximum absolute atomic E-state index is 13.0. The number of hydrogen-bond acceptors (Lipinski definition) is 6. The van der Waals surface area contributed by atoms with Crippen molar-refractivity contribution in [2.45, 2.75) is 6.18 Å². The summed E-state index contributed by atoms with van der Waals surface area (Å²) in [7, 11) is 0. The lowest BCUT2D eigenvalue weighted by Crippen LogP contribution is -2.47. The van der Waals surface area contributed by atoms with Crippen LogP contribution in [0, 0.1) is 0 Å². The number of alkyl halides is 3. The fourth-order valence-corrected chi connectivity index (χ4v) is 3.39. The molecule has 0 spiro atoms. The Balaban J connectivity index is 1.38. The molecule has 0 aliphatic carbocycles. The van der Waals surface area contributed by atoms with E-state index in [2.05, 4.69) is 25.0 Å². The smallest absolute Gasteiger partial charge is 0.353 e. The molecule has 11 heteroatoms. The second-order valence-corrected chi connectivity index (χ2v) is 6.50. The molecule has 8 nitrogen and oxygen atoms in total. The van der Waals surface area contributed by atoms with Crippen LogP contribution in [-0.2, 0) is 6.18 Å². The number of halogens is 3. The standard InChI is InChI=1S/C17H15F3N8/c18-17(19,20)12-11-27-6-4-21-15(16(27)23-12)26-9-7-25(8-10-26)13-2-5-28-14(24-13)1-3-22-28/h1-6,11H,7-10H2. The highest BCUT2D eigenvalue weighted by molar-refractivity contribution is 5.65. The average molecular weight is 388 g/mol. The van der Waals surface area contributed by atoms with Crippen molar-refractivity contribution in [3.05, 3.63) is 48.8 Å². The highest BCUT2D eigenvalue weighted by Crippen LogP contribution is 2.30. The van der Waals surface area contributed by atoms with Crippen molar-refractivity contribution in [2.75, 3.05) is 36.0 Å². The van der Waals surface area contributed by atoms with E-state index < -0.39 is 11.9 Å². The molecule has 1 fully saturated rings. The Kier molecular flexibility index (Phi) is 3.64. The highest BCUT2D eigenvalue weighted by atomic mass is 19.4. The fourth-order valence-electron chi connectivity index (χ4n) is 3.39. The van der Waals surface area contributed by atoms with Crippen LogP contribution in [0.5, 0.6) is 0 Å². The van der Waals surface area contributed by atoms with Gasteiger partial charge < -0.3 is 14.2 Å². The monoisotopic (exact) mass is 388 g/mol. The van der Waals surface area contributed by atoms with Crippen LogP contribution in [0.15, 0.2) is 43.1 Å². The molecule has 5 rings (SSSR count). The summed E-state index contributed by atoms with van der Waals surface area (Å²) < 4.78 is 42.1. The fraction of sp³-hybridized carbons (Fsp3) is 0.294. The summed E-state index contributed by atoms with van der Waals surface area (Å²) in [5.74, 6) is 1.30. The first-order valence-electron chi connectivity index (χ1n) is 8.70. The molecular weight excluding hydrogens is 373 g/mol. The number of aromatic nitrogens is 6. The molecule has 1 saturated heterocycles. The maximum Gasteiger partial charge on any atom is 0.434 e. The molecule has 4 aromatic rings. The molecule has 0 radical (unpaired) electrons. The average Bonchev–Trinajstić information content (AvgIpc) is 3.33. The van der Waals surface area contributed by atoms with Gasteiger partial charge in [-0.05, 0) is 6.07 Å². The number of anilines is 2. The first kappa shape index (κ1) is 16.8. The molecule has 0 aromatic carbocycles. The van der Waals surface area contributed by atoms with Gasteiger partial charge in [0.1, 0.15) is 5.82 Å². The highest BCUT2D eigenvalue weighted by Gasteiger charge is 2.34. The number of hydrogen-bond donors (Lipinski definition) is 0. The lowest BCUT2D eigenvalue weighted by Gasteiger charge is -2.36. The molecule has 0 bridgehead atoms. The minimum Gasteiger partial charge on any atom is -0.353 e. The normalized spacial score (nSPS) is 15.7. The topological polar surface area (TPSA) is 66.9 Å². The molecule has 0 saturated carbocycles. The molecule has 5 heterocycles. The summed E-state index contributed by atoms with van der Waals surface area (Å²) >= 11 is 0. The second-order valence-electron chi connectivity index (χ2n) is 6.50. The Labute approximate surface area is 156 Å². The molecule has 0 amide bonds. The van der Waals surface area contributed by atoms with E-state index in [1.807, 2.05) is 23.2 Å². The predicted octanol–water partition coefficient (Wildman–Crippen LogP) is 2.12. The van der Waals surface area contributed by atoms with Crippen molar-refractivity contribution >= 4 is 22.9 Å². The van der Waals surface area contributed by atoms with Gasteiger partial charge in [-0.25, -0.2) is 19.5 Å². The number of nitrogens with zero attached hydrogens (tertiary/aromatic N) is 8. The molecular formula is C17H15F3N8. The van der Waals surface area contributed by atoms with Gasteiger partial charge in [-0.1, -0.05) is 0 Å². The van der Waals surface area contributed by atoms with Crippen LogP contribution in [0.2, 0.25) is 0 Å². The van der Waals surface area contributed by atoms with Crippen LogP contribution in [-0.4, -0.2) is 55.1 Å². The third-order valence-electron chi connectivity index (χ3n) is 4.79. The van der Waals surface area contributed by atoms with Crippen LogP contribution < -0.4 is 9.80 Å². The molecule has 1 aliphatic rings. The van der Waals surface area contributed by atoms with Crippen LogP contribution in [0.3, 0.4) is 0 Å². The zero-order valence-electron chi connectivity index (χ0n) is 14.6. The number of rotatable bonds is 2. The predicted molar refractivity (Wildman–Crippen MR) is 95.4 cm³/mol. The first-order valence-corrected chi connectivity index (χ1v) is 8.70. The van der Waals surface area contributed by atoms with E-state index in [4.69, 9.17) is 0 Å². The van der Waals surface area contributed by atoms with Crippen molar-refractivity contribution < 1.29 is 13.2 Å². The molecule has 4 aromatic heterocycles. The zero-order valence-corrected chi connectivity index (χ0v) is 14.6. The lowest BCUT2D eigenvalue weighted by atomic mass is 10.3. The molecule has 0 N–H and O–H groups in total. The van der Waals surface area contributed by atoms with Crippen LogP contribution in [0.4, 0.5) is 24.8 Å². The molecule has 0 unspecified atom stereocenters. The largest absolute Gasteiger partial charge is 0.434 e. The van der Waals surface area contributed by atoms with Gasteiger partial charge in [0.25, 0.3) is 0 Å². The van der Waals surface area contributed by atoms with Crippen LogP contribution in [0.25, 0.3) is 11.3 Å². The number of piperazine rings is 1. The third-order valence-corrected chi connectivity index (χ3v) is 4.79. The molecule has 28 heavy (non-hydrogen) atoms. The van der Waals surface area contributed by atoms with E-state index in [-0.39, 0.29) is 5.65 Å². The summed E-state index contributed by atoms with van der Waals surface area (Å²) in [5.41, 5.74) is 0.0594. The molecule has 0 atom stereocenters. The van der Waals surface area contributed by atoms with E-state index in [1.165, 1.54) is 16.8 Å². The lowest BCUT2D eigenvalue weighted by molar-refractivity contribution is -0.140. The van der Waals surface area contributed by atoms with Gasteiger partial charge in [0, 0.05) is 57.0 Å². The van der Waals surface area contributed by atoms with Gasteiger partial charge in [-0.3, -0.25) is 0 Å². The minimum atomic E-state index is -4.49. The van der Waals surface area contributed by atoms with Crippen LogP contribution in [0.1, 0.15) is 5.69 Å². The van der Waals surface area contributed by atoms with Gasteiger partial charge >= 0.3 is 6.18 Å². The van der Waals surface area contributed by atoms with Crippen molar-refractivity contribution in [1.29, 1.82) is 0 Å². The van der Waals surface area contributed by atoms with E-state index >= 15 is 0 Å². The maximum atomic E-state index is 13.0. The van der Waals surface area contributed by atoms with E-state index in [1.54, 1.807) is 10.7 Å². The van der Waals surface area contributed by atoms with E-state index in [0.717, 1.165) is 17.7 Å². The minimum absolute atomic E-state index is 0.210. The van der Waals surface area contributed by atoms with Crippen molar-refractivity contribution in [3.63, 3.8) is 0 Å². The summed E-state index contributed by atoms with van der Waals surface area (Å²) in [6.45, 7) is 2.56. The van der Waals surface area contributed by atoms with Crippen molar-refractivity contribution in [3.8, 4) is 0 Å². The van der Waals surface area contributed by atoms with Crippen LogP contribution >= 0.6 is 0 Å². The Hall–Kier alpha value is -3.37. The van der Waals surface area contributed by atoms with E-state index in [0.29, 0.717) is 32.0 Å². The molecule has 144 valence electrons. The Morgan fingerprint density at radius 2 is 1.68 bits per heavy atom. The first-order chi connectivity index (χ1) is 13.5. The third kappa shape index (κ3) is 2.79. The van der Waals surface area contributed by atoms with E-state index in [9.17, 15) is 13.2 Å². The van der Waals surface area contributed by atoms with Gasteiger partial charge in [-0.2, -0.15) is 18.3 Å². The summed E-state index contributed by atoms with van der Waals surface area (Å²) in [6.07, 6.45) is 3.01. The Morgan fingerprint density at radius 1 is 0.893 bits per heavy atom. The summed E-state index contributed by atoms with van der Waals surface area (Å²) in [6, 6.07) is 3.74. The second kappa shape index (κ2) is 6.08. The summed E-state index contributed by atoms with van der Waals surface area (Å²) in [5, 5.41) is 4.13. The van der Waals surface area contributed by atoms with Crippen molar-refractivity contribution in [1.82, 2.24) is 29.0 Å². The zero-order chi connectivity index (χ0) is 19.3. The SMILES string of the molecule is FC(F)(F)c1cn2ccnc(N3CCN(c4ccn5nccc5n4)CC3)c2n1. The Bertz CT molecular complexity index is 1140. The quantitative estimate of drug-likeness (QED) is 0.524. The summed E-state index contributed by atoms with van der Waals surface area (Å²) in [4.78, 5) is 16.7. The van der Waals surface area contributed by atoms with Gasteiger partial charge in [0.15, 0.2) is 22.8 Å². The Morgan fingerprint density at radius 3 is 2.46 bits per heavy atom. The van der Waals surface area contributed by atoms with Crippen molar-refractivity contribution in [2.24, 2.45) is 0 Å². The van der Waals surface area contributed by atoms with Gasteiger partial charge in [-0.15, -0.1) is 0 Å². The van der Waals surface area contributed by atoms with Gasteiger partial charge in [0.2, 0.25) is 0 Å². The molecule has 1 aliphatic heterocycles. The van der Waals surface area contributed by atoms with Gasteiger partial charge in [0.05, 0.1) is 6.20 Å². The number of fused-ring (bicyclic) bond motifs is 2.